The van der Waals surface area contributed by atoms with Crippen LogP contribution in [0.5, 0.6) is 5.75 Å². The first-order valence-electron chi connectivity index (χ1n) is 8.97. The van der Waals surface area contributed by atoms with Crippen LogP contribution >= 0.6 is 23.2 Å². The van der Waals surface area contributed by atoms with E-state index in [2.05, 4.69) is 26.1 Å². The Morgan fingerprint density at radius 3 is 2.00 bits per heavy atom. The van der Waals surface area contributed by atoms with Gasteiger partial charge in [-0.05, 0) is 42.4 Å². The Kier molecular flexibility index (Phi) is 7.16. The van der Waals surface area contributed by atoms with E-state index in [1.165, 1.54) is 12.1 Å². The van der Waals surface area contributed by atoms with Crippen molar-refractivity contribution in [3.63, 3.8) is 0 Å². The van der Waals surface area contributed by atoms with Gasteiger partial charge in [-0.3, -0.25) is 10.1 Å². The highest BCUT2D eigenvalue weighted by atomic mass is 35.5. The number of anilines is 1. The normalized spacial score (nSPS) is 11.8. The van der Waals surface area contributed by atoms with E-state index in [9.17, 15) is 18.4 Å². The summed E-state index contributed by atoms with van der Waals surface area (Å²) in [6.07, 6.45) is 0. The second-order valence-corrected chi connectivity index (χ2v) is 13.7. The third-order valence-electron chi connectivity index (χ3n) is 4.84. The SMILES string of the molecule is CC(C)(C)[Si](C)(C)Oc1c(Cl)cc(NC(=O)NC(=O)c2c(F)cccc2F)cc1Cl. The smallest absolute Gasteiger partial charge is 0.326 e. The van der Waals surface area contributed by atoms with E-state index in [4.69, 9.17) is 27.6 Å². The van der Waals surface area contributed by atoms with Gasteiger partial charge >= 0.3 is 6.03 Å². The molecule has 0 fully saturated rings. The number of hydrogen-bond donors (Lipinski definition) is 2. The molecule has 0 aliphatic rings. The van der Waals surface area contributed by atoms with Crippen molar-refractivity contribution in [2.45, 2.75) is 38.9 Å². The quantitative estimate of drug-likeness (QED) is 0.489. The van der Waals surface area contributed by atoms with Gasteiger partial charge in [0.15, 0.2) is 0 Å². The van der Waals surface area contributed by atoms with Crippen LogP contribution in [-0.2, 0) is 0 Å². The molecule has 5 nitrogen and oxygen atoms in total. The van der Waals surface area contributed by atoms with Gasteiger partial charge in [-0.25, -0.2) is 13.6 Å². The Balaban J connectivity index is 2.16. The summed E-state index contributed by atoms with van der Waals surface area (Å²) in [4.78, 5) is 24.1. The number of hydrogen-bond acceptors (Lipinski definition) is 3. The van der Waals surface area contributed by atoms with Crippen molar-refractivity contribution in [3.8, 4) is 5.75 Å². The van der Waals surface area contributed by atoms with Crippen molar-refractivity contribution < 1.29 is 22.8 Å². The van der Waals surface area contributed by atoms with Crippen LogP contribution in [0.4, 0.5) is 19.3 Å². The summed E-state index contributed by atoms with van der Waals surface area (Å²) < 4.78 is 33.5. The van der Waals surface area contributed by atoms with Gasteiger partial charge in [0.05, 0.1) is 10.0 Å². The van der Waals surface area contributed by atoms with E-state index in [1.54, 1.807) is 0 Å². The summed E-state index contributed by atoms with van der Waals surface area (Å²) in [5.74, 6) is -3.09. The van der Waals surface area contributed by atoms with Crippen LogP contribution in [0, 0.1) is 11.6 Å². The van der Waals surface area contributed by atoms with Gasteiger partial charge < -0.3 is 9.74 Å². The largest absolute Gasteiger partial charge is 0.542 e. The van der Waals surface area contributed by atoms with Crippen molar-refractivity contribution in [1.29, 1.82) is 0 Å². The van der Waals surface area contributed by atoms with Crippen LogP contribution < -0.4 is 15.1 Å². The highest BCUT2D eigenvalue weighted by Gasteiger charge is 2.39. The van der Waals surface area contributed by atoms with E-state index >= 15 is 0 Å². The standard InChI is InChI=1S/C20H22Cl2F2N2O3Si/c1-20(2,3)30(4,5)29-17-12(21)9-11(10-13(17)22)25-19(28)26-18(27)16-14(23)7-6-8-15(16)24/h6-10H,1-5H3,(H2,25,26,27,28). The molecule has 0 radical (unpaired) electrons. The number of benzene rings is 2. The first kappa shape index (κ1) is 24.1. The summed E-state index contributed by atoms with van der Waals surface area (Å²) in [6.45, 7) is 10.3. The Morgan fingerprint density at radius 1 is 1.03 bits per heavy atom. The number of halogens is 4. The molecule has 10 heteroatoms. The predicted molar refractivity (Wildman–Crippen MR) is 117 cm³/mol. The van der Waals surface area contributed by atoms with Crippen LogP contribution in [0.1, 0.15) is 31.1 Å². The maximum atomic E-state index is 13.7. The molecular weight excluding hydrogens is 453 g/mol. The summed E-state index contributed by atoms with van der Waals surface area (Å²) in [5, 5.41) is 4.48. The Hall–Kier alpha value is -2.16. The van der Waals surface area contributed by atoms with Crippen LogP contribution in [0.2, 0.25) is 28.2 Å². The first-order chi connectivity index (χ1) is 13.7. The van der Waals surface area contributed by atoms with Crippen LogP contribution in [0.3, 0.4) is 0 Å². The summed E-state index contributed by atoms with van der Waals surface area (Å²) in [6, 6.07) is 4.74. The van der Waals surface area contributed by atoms with E-state index in [-0.39, 0.29) is 20.8 Å². The maximum Gasteiger partial charge on any atom is 0.326 e. The molecule has 2 aromatic carbocycles. The molecule has 0 atom stereocenters. The van der Waals surface area contributed by atoms with Gasteiger partial charge in [-0.1, -0.05) is 50.0 Å². The maximum absolute atomic E-state index is 13.7. The highest BCUT2D eigenvalue weighted by Crippen LogP contribution is 2.43. The minimum absolute atomic E-state index is 0.0845. The molecule has 0 aliphatic carbocycles. The third kappa shape index (κ3) is 5.50. The molecule has 0 saturated carbocycles. The lowest BCUT2D eigenvalue weighted by atomic mass is 10.2. The monoisotopic (exact) mass is 474 g/mol. The molecule has 3 amide bonds. The summed E-state index contributed by atoms with van der Waals surface area (Å²) in [5.41, 5.74) is -0.686. The zero-order valence-corrected chi connectivity index (χ0v) is 19.6. The van der Waals surface area contributed by atoms with Crippen LogP contribution in [-0.4, -0.2) is 20.3 Å². The molecule has 0 aliphatic heterocycles. The van der Waals surface area contributed by atoms with Gasteiger partial charge in [-0.15, -0.1) is 0 Å². The van der Waals surface area contributed by atoms with Gasteiger partial charge in [0, 0.05) is 5.69 Å². The Morgan fingerprint density at radius 2 is 1.53 bits per heavy atom. The van der Waals surface area contributed by atoms with Crippen LogP contribution in [0.15, 0.2) is 30.3 Å². The number of imide groups is 1. The second-order valence-electron chi connectivity index (χ2n) is 8.14. The van der Waals surface area contributed by atoms with Gasteiger partial charge in [-0.2, -0.15) is 0 Å². The summed E-state index contributed by atoms with van der Waals surface area (Å²) in [7, 11) is -2.21. The summed E-state index contributed by atoms with van der Waals surface area (Å²) >= 11 is 12.6. The zero-order chi connectivity index (χ0) is 22.9. The Bertz CT molecular complexity index is 951. The van der Waals surface area contributed by atoms with Crippen molar-refractivity contribution >= 4 is 49.1 Å². The predicted octanol–water partition coefficient (Wildman–Crippen LogP) is 6.62. The molecule has 30 heavy (non-hydrogen) atoms. The molecule has 2 aromatic rings. The first-order valence-corrected chi connectivity index (χ1v) is 12.6. The molecule has 0 saturated heterocycles. The minimum Gasteiger partial charge on any atom is -0.542 e. The fourth-order valence-corrected chi connectivity index (χ4v) is 3.91. The van der Waals surface area contributed by atoms with Crippen molar-refractivity contribution in [3.05, 3.63) is 57.6 Å². The van der Waals surface area contributed by atoms with Gasteiger partial charge in [0.25, 0.3) is 14.2 Å². The number of nitrogens with one attached hydrogen (secondary N) is 2. The van der Waals surface area contributed by atoms with E-state index in [1.807, 2.05) is 18.4 Å². The highest BCUT2D eigenvalue weighted by molar-refractivity contribution is 6.75. The minimum atomic E-state index is -2.21. The van der Waals surface area contributed by atoms with E-state index in [0.717, 1.165) is 18.2 Å². The van der Waals surface area contributed by atoms with Crippen molar-refractivity contribution in [2.24, 2.45) is 0 Å². The Labute approximate surface area is 184 Å². The molecule has 2 N–H and O–H groups in total. The second kappa shape index (κ2) is 8.91. The molecule has 162 valence electrons. The lowest BCUT2D eigenvalue weighted by molar-refractivity contribution is 0.0959. The third-order valence-corrected chi connectivity index (χ3v) is 9.72. The van der Waals surface area contributed by atoms with Crippen molar-refractivity contribution in [2.75, 3.05) is 5.32 Å². The fraction of sp³-hybridized carbons (Fsp3) is 0.300. The fourth-order valence-electron chi connectivity index (χ4n) is 2.18. The molecule has 0 spiro atoms. The average molecular weight is 475 g/mol. The lowest BCUT2D eigenvalue weighted by Gasteiger charge is -2.37. The van der Waals surface area contributed by atoms with Crippen LogP contribution in [0.25, 0.3) is 0 Å². The molecule has 2 rings (SSSR count). The molecule has 0 unspecified atom stereocenters. The molecule has 0 bridgehead atoms. The molecular formula is C20H22Cl2F2N2O3Si. The lowest BCUT2D eigenvalue weighted by Crippen LogP contribution is -2.44. The van der Waals surface area contributed by atoms with Gasteiger partial charge in [0.2, 0.25) is 0 Å². The average Bonchev–Trinajstić information content (AvgIpc) is 2.56. The number of rotatable bonds is 4. The number of carbonyl (C=O) groups excluding carboxylic acids is 2. The number of carbonyl (C=O) groups is 2. The van der Waals surface area contributed by atoms with E-state index < -0.39 is 37.5 Å². The van der Waals surface area contributed by atoms with Gasteiger partial charge in [0.1, 0.15) is 22.9 Å². The topological polar surface area (TPSA) is 67.4 Å². The molecule has 0 heterocycles. The number of urea groups is 1. The number of amides is 3. The van der Waals surface area contributed by atoms with Crippen molar-refractivity contribution in [1.82, 2.24) is 5.32 Å². The zero-order valence-electron chi connectivity index (χ0n) is 17.1. The van der Waals surface area contributed by atoms with E-state index in [0.29, 0.717) is 5.75 Å². The molecule has 0 aromatic heterocycles.